The summed E-state index contributed by atoms with van der Waals surface area (Å²) in [6.07, 6.45) is 11.1. The Balaban J connectivity index is 1.24. The Morgan fingerprint density at radius 1 is 0.807 bits per heavy atom. The zero-order chi connectivity index (χ0) is 42.0. The van der Waals surface area contributed by atoms with Crippen molar-refractivity contribution in [1.29, 1.82) is 0 Å². The number of ether oxygens (including phenoxy) is 2. The van der Waals surface area contributed by atoms with Crippen molar-refractivity contribution in [2.24, 2.45) is 67.5 Å². The van der Waals surface area contributed by atoms with E-state index in [2.05, 4.69) is 67.3 Å². The van der Waals surface area contributed by atoms with Crippen LogP contribution in [0.1, 0.15) is 159 Å². The zero-order valence-electron chi connectivity index (χ0n) is 37.6. The van der Waals surface area contributed by atoms with E-state index in [9.17, 15) is 19.5 Å². The second kappa shape index (κ2) is 15.1. The van der Waals surface area contributed by atoms with Crippen molar-refractivity contribution in [3.8, 4) is 0 Å². The van der Waals surface area contributed by atoms with Crippen LogP contribution in [-0.2, 0) is 30.5 Å². The molecule has 1 aromatic carbocycles. The highest BCUT2D eigenvalue weighted by molar-refractivity contribution is 5.74. The predicted octanol–water partition coefficient (Wildman–Crippen LogP) is 10.6. The molecular formula is C50H77NO6. The molecule has 6 rings (SSSR count). The van der Waals surface area contributed by atoms with Crippen molar-refractivity contribution in [2.75, 3.05) is 13.2 Å². The summed E-state index contributed by atoms with van der Waals surface area (Å²) in [7, 11) is 0. The maximum absolute atomic E-state index is 14.3. The van der Waals surface area contributed by atoms with Crippen LogP contribution in [0.4, 0.5) is 0 Å². The molecule has 10 atom stereocenters. The van der Waals surface area contributed by atoms with Gasteiger partial charge >= 0.3 is 11.9 Å². The number of fused-ring (bicyclic) bond motifs is 7. The predicted molar refractivity (Wildman–Crippen MR) is 227 cm³/mol. The molecule has 5 aliphatic rings. The molecule has 0 radical (unpaired) electrons. The minimum absolute atomic E-state index is 0.0435. The number of esters is 2. The Morgan fingerprint density at radius 3 is 2.11 bits per heavy atom. The highest BCUT2D eigenvalue weighted by Crippen LogP contribution is 2.79. The van der Waals surface area contributed by atoms with E-state index in [4.69, 9.17) is 9.47 Å². The largest absolute Gasteiger partial charge is 0.461 e. The molecule has 0 bridgehead atoms. The van der Waals surface area contributed by atoms with Crippen molar-refractivity contribution in [3.05, 3.63) is 48.0 Å². The summed E-state index contributed by atoms with van der Waals surface area (Å²) in [6.45, 7) is 29.9. The van der Waals surface area contributed by atoms with E-state index < -0.39 is 21.8 Å². The first-order valence-electron chi connectivity index (χ1n) is 22.4. The van der Waals surface area contributed by atoms with Crippen molar-refractivity contribution < 1.29 is 29.0 Å². The molecule has 5 aliphatic carbocycles. The number of carbonyl (C=O) groups excluding carboxylic acids is 3. The molecule has 1 aromatic rings. The quantitative estimate of drug-likeness (QED) is 0.162. The van der Waals surface area contributed by atoms with Crippen LogP contribution in [0, 0.1) is 67.5 Å². The molecule has 5 fully saturated rings. The van der Waals surface area contributed by atoms with Gasteiger partial charge in [-0.25, -0.2) is 0 Å². The van der Waals surface area contributed by atoms with E-state index in [0.717, 1.165) is 37.8 Å². The third kappa shape index (κ3) is 7.14. The Labute approximate surface area is 345 Å². The number of nitrogens with one attached hydrogen (secondary N) is 1. The normalized spacial score (nSPS) is 38.4. The Bertz CT molecular complexity index is 1700. The summed E-state index contributed by atoms with van der Waals surface area (Å²) in [5.74, 6) is 1.90. The SMILES string of the molecule is C=C(C)[C@@H]1CC[C@]2(CNC(C)=O)CC[C@]3(C)[C@H](CCC4[C@@]5(C)CC[C@@](OC(=O)CC(C)(C)CC(=O)OCc6ccccc6)(C(C)(C)CO)C(C)(C)[C@@H]5CC[C@]43C)[C@@H]12. The smallest absolute Gasteiger partial charge is 0.306 e. The van der Waals surface area contributed by atoms with Gasteiger partial charge in [0.05, 0.1) is 19.4 Å². The highest BCUT2D eigenvalue weighted by atomic mass is 16.6. The average Bonchev–Trinajstić information content (AvgIpc) is 3.51. The van der Waals surface area contributed by atoms with Crippen molar-refractivity contribution in [3.63, 3.8) is 0 Å². The van der Waals surface area contributed by atoms with Crippen molar-refractivity contribution in [2.45, 2.75) is 165 Å². The molecule has 0 aromatic heterocycles. The molecule has 0 heterocycles. The van der Waals surface area contributed by atoms with Crippen LogP contribution in [0.15, 0.2) is 42.5 Å². The second-order valence-electron chi connectivity index (χ2n) is 22.7. The highest BCUT2D eigenvalue weighted by Gasteiger charge is 2.74. The van der Waals surface area contributed by atoms with Gasteiger partial charge in [0.2, 0.25) is 5.91 Å². The Morgan fingerprint density at radius 2 is 1.47 bits per heavy atom. The van der Waals surface area contributed by atoms with Crippen LogP contribution in [0.2, 0.25) is 0 Å². The molecule has 0 aliphatic heterocycles. The van der Waals surface area contributed by atoms with Crippen molar-refractivity contribution in [1.82, 2.24) is 5.32 Å². The van der Waals surface area contributed by atoms with E-state index in [0.29, 0.717) is 36.0 Å². The van der Waals surface area contributed by atoms with Crippen LogP contribution in [0.25, 0.3) is 0 Å². The van der Waals surface area contributed by atoms with Gasteiger partial charge < -0.3 is 19.9 Å². The molecule has 2 N–H and O–H groups in total. The summed E-state index contributed by atoms with van der Waals surface area (Å²) in [5, 5.41) is 14.3. The summed E-state index contributed by atoms with van der Waals surface area (Å²) >= 11 is 0. The average molecular weight is 788 g/mol. The number of rotatable bonds is 12. The van der Waals surface area contributed by atoms with Crippen LogP contribution in [-0.4, -0.2) is 41.7 Å². The van der Waals surface area contributed by atoms with Gasteiger partial charge in [-0.05, 0) is 133 Å². The first kappa shape index (κ1) is 43.9. The summed E-state index contributed by atoms with van der Waals surface area (Å²) < 4.78 is 12.5. The third-order valence-electron chi connectivity index (χ3n) is 18.4. The number of aliphatic hydroxyl groups excluding tert-OH is 1. The van der Waals surface area contributed by atoms with Gasteiger partial charge in [0.25, 0.3) is 0 Å². The van der Waals surface area contributed by atoms with Gasteiger partial charge in [-0.3, -0.25) is 14.4 Å². The number of aliphatic hydroxyl groups is 1. The zero-order valence-corrected chi connectivity index (χ0v) is 37.6. The molecule has 7 heteroatoms. The van der Waals surface area contributed by atoms with Gasteiger partial charge in [0, 0.05) is 24.3 Å². The first-order valence-corrected chi connectivity index (χ1v) is 22.4. The summed E-state index contributed by atoms with van der Waals surface area (Å²) in [6, 6.07) is 9.64. The first-order chi connectivity index (χ1) is 26.4. The molecule has 0 spiro atoms. The van der Waals surface area contributed by atoms with E-state index >= 15 is 0 Å². The van der Waals surface area contributed by atoms with Gasteiger partial charge in [-0.1, -0.05) is 105 Å². The minimum atomic E-state index is -0.887. The van der Waals surface area contributed by atoms with E-state index in [1.165, 1.54) is 37.7 Å². The van der Waals surface area contributed by atoms with E-state index in [1.807, 2.05) is 44.2 Å². The van der Waals surface area contributed by atoms with Crippen LogP contribution < -0.4 is 5.32 Å². The number of hydrogen-bond donors (Lipinski definition) is 2. The summed E-state index contributed by atoms with van der Waals surface area (Å²) in [4.78, 5) is 39.5. The third-order valence-corrected chi connectivity index (χ3v) is 18.4. The standard InChI is InChI=1S/C50H77NO6/c1-33(2)36-20-23-49(31-51-34(3)53)26-25-47(11)37(42(36)49)18-19-39-46(10)24-27-50(44(6,7)32-52,45(8,9)38(46)21-22-48(39,47)12)57-41(55)29-43(4,5)28-40(54)56-30-35-16-14-13-15-17-35/h13-17,36-39,42,52H,1,18-32H2,2-12H3,(H,51,53)/t36-,37+,38-,39?,42+,46-,47+,48+,49+,50+/m0/s1. The number of hydrogen-bond acceptors (Lipinski definition) is 6. The van der Waals surface area contributed by atoms with Crippen molar-refractivity contribution >= 4 is 17.8 Å². The van der Waals surface area contributed by atoms with Gasteiger partial charge in [0.1, 0.15) is 12.2 Å². The minimum Gasteiger partial charge on any atom is -0.461 e. The monoisotopic (exact) mass is 788 g/mol. The van der Waals surface area contributed by atoms with E-state index in [1.54, 1.807) is 6.92 Å². The van der Waals surface area contributed by atoms with Crippen LogP contribution in [0.3, 0.4) is 0 Å². The molecule has 318 valence electrons. The molecule has 0 saturated heterocycles. The fraction of sp³-hybridized carbons (Fsp3) is 0.780. The Kier molecular flexibility index (Phi) is 11.6. The maximum Gasteiger partial charge on any atom is 0.306 e. The molecule has 57 heavy (non-hydrogen) atoms. The molecule has 1 unspecified atom stereocenters. The Hall–Kier alpha value is -2.67. The lowest BCUT2D eigenvalue weighted by atomic mass is 9.31. The summed E-state index contributed by atoms with van der Waals surface area (Å²) in [5.41, 5.74) is 0.111. The fourth-order valence-corrected chi connectivity index (χ4v) is 15.4. The number of carbonyl (C=O) groups is 3. The lowest BCUT2D eigenvalue weighted by Crippen LogP contribution is -2.71. The van der Waals surface area contributed by atoms with Gasteiger partial charge in [0.15, 0.2) is 0 Å². The van der Waals surface area contributed by atoms with Crippen LogP contribution >= 0.6 is 0 Å². The fourth-order valence-electron chi connectivity index (χ4n) is 15.4. The molecular weight excluding hydrogens is 711 g/mol. The lowest BCUT2D eigenvalue weighted by molar-refractivity contribution is -0.291. The molecule has 1 amide bonds. The topological polar surface area (TPSA) is 102 Å². The van der Waals surface area contributed by atoms with Gasteiger partial charge in [-0.15, -0.1) is 0 Å². The van der Waals surface area contributed by atoms with Gasteiger partial charge in [-0.2, -0.15) is 0 Å². The molecule has 5 saturated carbocycles. The van der Waals surface area contributed by atoms with E-state index in [-0.39, 0.29) is 65.6 Å². The van der Waals surface area contributed by atoms with Crippen LogP contribution in [0.5, 0.6) is 0 Å². The second-order valence-corrected chi connectivity index (χ2v) is 22.7. The number of benzene rings is 1. The molecule has 7 nitrogen and oxygen atoms in total. The number of allylic oxidation sites excluding steroid dienone is 1. The maximum atomic E-state index is 14.3. The lowest BCUT2D eigenvalue weighted by Gasteiger charge is -2.74. The number of amides is 1.